The molecule has 1 amide bonds. The summed E-state index contributed by atoms with van der Waals surface area (Å²) < 4.78 is 0. The van der Waals surface area contributed by atoms with E-state index in [0.29, 0.717) is 24.4 Å². The Balaban J connectivity index is 1.95. The molecule has 2 fully saturated rings. The zero-order valence-corrected chi connectivity index (χ0v) is 9.26. The van der Waals surface area contributed by atoms with Crippen LogP contribution in [0.4, 0.5) is 0 Å². The van der Waals surface area contributed by atoms with Gasteiger partial charge in [-0.25, -0.2) is 0 Å². The molecule has 2 aliphatic rings. The quantitative estimate of drug-likeness (QED) is 0.735. The van der Waals surface area contributed by atoms with Crippen LogP contribution >= 0.6 is 11.8 Å². The van der Waals surface area contributed by atoms with Crippen molar-refractivity contribution in [2.24, 2.45) is 11.7 Å². The molecule has 4 heteroatoms. The highest BCUT2D eigenvalue weighted by molar-refractivity contribution is 7.99. The van der Waals surface area contributed by atoms with Crippen LogP contribution < -0.4 is 5.73 Å². The first-order chi connectivity index (χ1) is 6.83. The molecule has 1 aliphatic heterocycles. The molecule has 80 valence electrons. The Kier molecular flexibility index (Phi) is 3.34. The average Bonchev–Trinajstić information content (AvgIpc) is 2.15. The Hall–Kier alpha value is -0.220. The van der Waals surface area contributed by atoms with E-state index in [4.69, 9.17) is 5.73 Å². The molecule has 1 aliphatic carbocycles. The molecule has 0 spiro atoms. The second-order valence-electron chi connectivity index (χ2n) is 4.12. The minimum absolute atomic E-state index is 0.293. The molecule has 2 rings (SSSR count). The highest BCUT2D eigenvalue weighted by Crippen LogP contribution is 2.30. The second-order valence-corrected chi connectivity index (χ2v) is 5.27. The Morgan fingerprint density at radius 1 is 1.50 bits per heavy atom. The third kappa shape index (κ3) is 1.91. The summed E-state index contributed by atoms with van der Waals surface area (Å²) >= 11 is 1.91. The topological polar surface area (TPSA) is 46.3 Å². The molecule has 1 heterocycles. The van der Waals surface area contributed by atoms with Crippen molar-refractivity contribution in [3.8, 4) is 0 Å². The number of thioether (sulfide) groups is 1. The zero-order valence-electron chi connectivity index (χ0n) is 8.45. The van der Waals surface area contributed by atoms with Gasteiger partial charge >= 0.3 is 0 Å². The van der Waals surface area contributed by atoms with Crippen LogP contribution in [0.5, 0.6) is 0 Å². The van der Waals surface area contributed by atoms with Crippen LogP contribution in [-0.4, -0.2) is 41.4 Å². The first-order valence-corrected chi connectivity index (χ1v) is 6.56. The average molecular weight is 214 g/mol. The van der Waals surface area contributed by atoms with Gasteiger partial charge in [-0.3, -0.25) is 4.79 Å². The third-order valence-electron chi connectivity index (χ3n) is 3.24. The smallest absolute Gasteiger partial charge is 0.226 e. The van der Waals surface area contributed by atoms with Gasteiger partial charge in [0, 0.05) is 30.5 Å². The summed E-state index contributed by atoms with van der Waals surface area (Å²) in [6.45, 7) is 1.52. The fourth-order valence-corrected chi connectivity index (χ4v) is 3.11. The fraction of sp³-hybridized carbons (Fsp3) is 0.900. The van der Waals surface area contributed by atoms with E-state index in [2.05, 4.69) is 0 Å². The number of nitrogens with two attached hydrogens (primary N) is 1. The molecule has 1 unspecified atom stereocenters. The van der Waals surface area contributed by atoms with Crippen LogP contribution in [-0.2, 0) is 4.79 Å². The molecular formula is C10H18N2OS. The molecule has 1 saturated heterocycles. The van der Waals surface area contributed by atoms with Crippen LogP contribution in [0, 0.1) is 5.92 Å². The van der Waals surface area contributed by atoms with Crippen LogP contribution in [0.3, 0.4) is 0 Å². The summed E-state index contributed by atoms with van der Waals surface area (Å²) in [7, 11) is 0. The monoisotopic (exact) mass is 214 g/mol. The van der Waals surface area contributed by atoms with E-state index >= 15 is 0 Å². The van der Waals surface area contributed by atoms with Gasteiger partial charge in [-0.2, -0.15) is 11.8 Å². The second kappa shape index (κ2) is 4.53. The Bertz CT molecular complexity index is 218. The van der Waals surface area contributed by atoms with Gasteiger partial charge in [0.15, 0.2) is 0 Å². The van der Waals surface area contributed by atoms with Gasteiger partial charge in [0.05, 0.1) is 6.04 Å². The maximum Gasteiger partial charge on any atom is 0.226 e. The SMILES string of the molecule is NCC1CSCCN1C(=O)C1CCC1. The van der Waals surface area contributed by atoms with Crippen LogP contribution in [0.2, 0.25) is 0 Å². The van der Waals surface area contributed by atoms with Gasteiger partial charge in [-0.15, -0.1) is 0 Å². The van der Waals surface area contributed by atoms with Crippen molar-refractivity contribution >= 4 is 17.7 Å². The maximum absolute atomic E-state index is 12.0. The number of rotatable bonds is 2. The van der Waals surface area contributed by atoms with Gasteiger partial charge in [0.25, 0.3) is 0 Å². The fourth-order valence-electron chi connectivity index (χ4n) is 2.03. The van der Waals surface area contributed by atoms with Crippen molar-refractivity contribution < 1.29 is 4.79 Å². The largest absolute Gasteiger partial charge is 0.337 e. The van der Waals surface area contributed by atoms with E-state index in [9.17, 15) is 4.79 Å². The highest BCUT2D eigenvalue weighted by Gasteiger charge is 2.33. The number of nitrogens with zero attached hydrogens (tertiary/aromatic N) is 1. The molecule has 0 aromatic heterocycles. The van der Waals surface area contributed by atoms with Crippen LogP contribution in [0.15, 0.2) is 0 Å². The standard InChI is InChI=1S/C10H18N2OS/c11-6-9-7-14-5-4-12(9)10(13)8-2-1-3-8/h8-9H,1-7,11H2. The molecule has 1 atom stereocenters. The Morgan fingerprint density at radius 2 is 2.29 bits per heavy atom. The van der Waals surface area contributed by atoms with Crippen molar-refractivity contribution in [3.63, 3.8) is 0 Å². The number of hydrogen-bond acceptors (Lipinski definition) is 3. The van der Waals surface area contributed by atoms with E-state index in [-0.39, 0.29) is 0 Å². The number of carbonyl (C=O) groups is 1. The molecule has 3 nitrogen and oxygen atoms in total. The first-order valence-electron chi connectivity index (χ1n) is 5.41. The summed E-state index contributed by atoms with van der Waals surface area (Å²) in [5.74, 6) is 2.79. The minimum atomic E-state index is 0.293. The molecule has 0 radical (unpaired) electrons. The minimum Gasteiger partial charge on any atom is -0.337 e. The molecule has 14 heavy (non-hydrogen) atoms. The molecule has 2 N–H and O–H groups in total. The van der Waals surface area contributed by atoms with Crippen molar-refractivity contribution in [2.45, 2.75) is 25.3 Å². The highest BCUT2D eigenvalue weighted by atomic mass is 32.2. The summed E-state index contributed by atoms with van der Waals surface area (Å²) in [6.07, 6.45) is 3.42. The Morgan fingerprint density at radius 3 is 2.86 bits per heavy atom. The lowest BCUT2D eigenvalue weighted by Crippen LogP contribution is -2.52. The molecule has 0 bridgehead atoms. The van der Waals surface area contributed by atoms with Gasteiger partial charge in [0.1, 0.15) is 0 Å². The summed E-state index contributed by atoms with van der Waals surface area (Å²) in [6, 6.07) is 0.293. The van der Waals surface area contributed by atoms with Crippen molar-refractivity contribution in [3.05, 3.63) is 0 Å². The summed E-state index contributed by atoms with van der Waals surface area (Å²) in [5.41, 5.74) is 5.68. The van der Waals surface area contributed by atoms with E-state index in [1.165, 1.54) is 6.42 Å². The predicted octanol–water partition coefficient (Wildman–Crippen LogP) is 0.689. The lowest BCUT2D eigenvalue weighted by Gasteiger charge is -2.39. The predicted molar refractivity (Wildman–Crippen MR) is 59.2 cm³/mol. The van der Waals surface area contributed by atoms with E-state index in [1.54, 1.807) is 0 Å². The van der Waals surface area contributed by atoms with Crippen molar-refractivity contribution in [2.75, 3.05) is 24.6 Å². The molecule has 0 aromatic carbocycles. The van der Waals surface area contributed by atoms with Gasteiger partial charge in [-0.05, 0) is 12.8 Å². The third-order valence-corrected chi connectivity index (χ3v) is 4.33. The lowest BCUT2D eigenvalue weighted by molar-refractivity contribution is -0.139. The normalized spacial score (nSPS) is 28.6. The van der Waals surface area contributed by atoms with Crippen LogP contribution in [0.25, 0.3) is 0 Å². The molecule has 1 saturated carbocycles. The van der Waals surface area contributed by atoms with Gasteiger partial charge < -0.3 is 10.6 Å². The van der Waals surface area contributed by atoms with Crippen molar-refractivity contribution in [1.82, 2.24) is 4.90 Å². The van der Waals surface area contributed by atoms with Gasteiger partial charge in [0.2, 0.25) is 5.91 Å². The van der Waals surface area contributed by atoms with E-state index in [0.717, 1.165) is 30.9 Å². The molecule has 0 aromatic rings. The van der Waals surface area contributed by atoms with Crippen LogP contribution in [0.1, 0.15) is 19.3 Å². The maximum atomic E-state index is 12.0. The molecular weight excluding hydrogens is 196 g/mol. The number of hydrogen-bond donors (Lipinski definition) is 1. The summed E-state index contributed by atoms with van der Waals surface area (Å²) in [4.78, 5) is 14.0. The summed E-state index contributed by atoms with van der Waals surface area (Å²) in [5, 5.41) is 0. The number of amides is 1. The first kappa shape index (κ1) is 10.3. The lowest BCUT2D eigenvalue weighted by atomic mass is 9.84. The zero-order chi connectivity index (χ0) is 9.97. The van der Waals surface area contributed by atoms with Gasteiger partial charge in [-0.1, -0.05) is 6.42 Å². The van der Waals surface area contributed by atoms with Crippen molar-refractivity contribution in [1.29, 1.82) is 0 Å². The Labute approximate surface area is 89.4 Å². The number of carbonyl (C=O) groups excluding carboxylic acids is 1. The van der Waals surface area contributed by atoms with E-state index in [1.807, 2.05) is 16.7 Å². The van der Waals surface area contributed by atoms with E-state index < -0.39 is 0 Å².